The fourth-order valence-corrected chi connectivity index (χ4v) is 2.49. The number of hydrogen-bond donors (Lipinski definition) is 0. The standard InChI is InChI=1S/C17H12ClN3/c18-15-5-3-6-16(8-15)21(12-19)11-14-10-20-9-13-4-1-2-7-17(13)14/h1-10H,11H2. The molecule has 1 heterocycles. The van der Waals surface area contributed by atoms with Gasteiger partial charge in [0.05, 0.1) is 12.2 Å². The van der Waals surface area contributed by atoms with E-state index in [4.69, 9.17) is 11.6 Å². The van der Waals surface area contributed by atoms with Crippen LogP contribution in [0.1, 0.15) is 5.56 Å². The van der Waals surface area contributed by atoms with E-state index in [0.29, 0.717) is 11.6 Å². The Morgan fingerprint density at radius 2 is 1.95 bits per heavy atom. The predicted octanol–water partition coefficient (Wildman–Crippen LogP) is 4.38. The molecule has 3 aromatic rings. The average molecular weight is 294 g/mol. The summed E-state index contributed by atoms with van der Waals surface area (Å²) in [6, 6.07) is 15.3. The maximum absolute atomic E-state index is 9.42. The summed E-state index contributed by atoms with van der Waals surface area (Å²) in [7, 11) is 0. The van der Waals surface area contributed by atoms with E-state index in [0.717, 1.165) is 22.0 Å². The van der Waals surface area contributed by atoms with Gasteiger partial charge in [-0.2, -0.15) is 5.26 Å². The van der Waals surface area contributed by atoms with E-state index in [2.05, 4.69) is 11.2 Å². The second-order valence-electron chi connectivity index (χ2n) is 4.69. The molecule has 0 N–H and O–H groups in total. The molecular formula is C17H12ClN3. The first-order valence-corrected chi connectivity index (χ1v) is 6.90. The minimum Gasteiger partial charge on any atom is -0.275 e. The molecule has 21 heavy (non-hydrogen) atoms. The molecule has 0 saturated carbocycles. The number of nitriles is 1. The largest absolute Gasteiger partial charge is 0.275 e. The fraction of sp³-hybridized carbons (Fsp3) is 0.0588. The molecule has 102 valence electrons. The van der Waals surface area contributed by atoms with Gasteiger partial charge < -0.3 is 0 Å². The number of hydrogen-bond acceptors (Lipinski definition) is 3. The molecule has 0 unspecified atom stereocenters. The summed E-state index contributed by atoms with van der Waals surface area (Å²) in [5, 5.41) is 12.2. The third-order valence-corrected chi connectivity index (χ3v) is 3.55. The number of rotatable bonds is 3. The lowest BCUT2D eigenvalue weighted by molar-refractivity contribution is 0.977. The zero-order valence-electron chi connectivity index (χ0n) is 11.2. The molecule has 0 radical (unpaired) electrons. The van der Waals surface area contributed by atoms with Crippen molar-refractivity contribution in [3.8, 4) is 6.19 Å². The first-order valence-electron chi connectivity index (χ1n) is 6.52. The van der Waals surface area contributed by atoms with Crippen molar-refractivity contribution in [2.45, 2.75) is 6.54 Å². The first kappa shape index (κ1) is 13.4. The highest BCUT2D eigenvalue weighted by atomic mass is 35.5. The van der Waals surface area contributed by atoms with E-state index < -0.39 is 0 Å². The van der Waals surface area contributed by atoms with Gasteiger partial charge in [-0.3, -0.25) is 9.88 Å². The minimum absolute atomic E-state index is 0.463. The van der Waals surface area contributed by atoms with Crippen LogP contribution in [0.25, 0.3) is 10.8 Å². The van der Waals surface area contributed by atoms with Gasteiger partial charge in [0.1, 0.15) is 0 Å². The highest BCUT2D eigenvalue weighted by molar-refractivity contribution is 6.30. The van der Waals surface area contributed by atoms with Crippen molar-refractivity contribution < 1.29 is 0 Å². The van der Waals surface area contributed by atoms with Crippen molar-refractivity contribution in [3.05, 3.63) is 71.5 Å². The molecule has 0 spiro atoms. The molecule has 0 saturated heterocycles. The van der Waals surface area contributed by atoms with Gasteiger partial charge in [-0.25, -0.2) is 0 Å². The summed E-state index contributed by atoms with van der Waals surface area (Å²) in [4.78, 5) is 5.86. The lowest BCUT2D eigenvalue weighted by Gasteiger charge is -2.17. The van der Waals surface area contributed by atoms with Crippen LogP contribution in [0, 0.1) is 11.5 Å². The quantitative estimate of drug-likeness (QED) is 0.531. The molecule has 3 nitrogen and oxygen atoms in total. The second-order valence-corrected chi connectivity index (χ2v) is 5.12. The van der Waals surface area contributed by atoms with Crippen LogP contribution < -0.4 is 4.90 Å². The summed E-state index contributed by atoms with van der Waals surface area (Å²) < 4.78 is 0. The third kappa shape index (κ3) is 2.81. The fourth-order valence-electron chi connectivity index (χ4n) is 2.30. The van der Waals surface area contributed by atoms with Gasteiger partial charge in [-0.1, -0.05) is 41.9 Å². The van der Waals surface area contributed by atoms with E-state index in [1.54, 1.807) is 23.2 Å². The van der Waals surface area contributed by atoms with Crippen molar-refractivity contribution in [1.82, 2.24) is 4.98 Å². The smallest absolute Gasteiger partial charge is 0.184 e. The Morgan fingerprint density at radius 3 is 2.76 bits per heavy atom. The van der Waals surface area contributed by atoms with Gasteiger partial charge in [0.25, 0.3) is 0 Å². The van der Waals surface area contributed by atoms with Crippen LogP contribution in [0.5, 0.6) is 0 Å². The molecule has 4 heteroatoms. The zero-order valence-corrected chi connectivity index (χ0v) is 12.0. The van der Waals surface area contributed by atoms with Gasteiger partial charge in [-0.05, 0) is 29.1 Å². The second kappa shape index (κ2) is 5.82. The number of nitrogens with zero attached hydrogens (tertiary/aromatic N) is 3. The van der Waals surface area contributed by atoms with Crippen molar-refractivity contribution in [2.24, 2.45) is 0 Å². The van der Waals surface area contributed by atoms with Crippen LogP contribution in [0.15, 0.2) is 60.9 Å². The normalized spacial score (nSPS) is 10.3. The van der Waals surface area contributed by atoms with Crippen LogP contribution in [-0.2, 0) is 6.54 Å². The maximum atomic E-state index is 9.42. The van der Waals surface area contributed by atoms with Crippen molar-refractivity contribution >= 4 is 28.1 Å². The molecule has 0 fully saturated rings. The highest BCUT2D eigenvalue weighted by Crippen LogP contribution is 2.23. The molecule has 1 aromatic heterocycles. The van der Waals surface area contributed by atoms with Crippen molar-refractivity contribution in [2.75, 3.05) is 4.90 Å². The number of benzene rings is 2. The van der Waals surface area contributed by atoms with E-state index in [-0.39, 0.29) is 0 Å². The Balaban J connectivity index is 1.99. The molecule has 0 atom stereocenters. The number of aromatic nitrogens is 1. The van der Waals surface area contributed by atoms with Gasteiger partial charge >= 0.3 is 0 Å². The van der Waals surface area contributed by atoms with E-state index in [1.807, 2.05) is 42.6 Å². The molecule has 0 aliphatic heterocycles. The van der Waals surface area contributed by atoms with Gasteiger partial charge in [0.15, 0.2) is 6.19 Å². The van der Waals surface area contributed by atoms with E-state index >= 15 is 0 Å². The Kier molecular flexibility index (Phi) is 3.72. The Morgan fingerprint density at radius 1 is 1.10 bits per heavy atom. The lowest BCUT2D eigenvalue weighted by Crippen LogP contribution is -2.16. The van der Waals surface area contributed by atoms with E-state index in [9.17, 15) is 5.26 Å². The van der Waals surface area contributed by atoms with Crippen molar-refractivity contribution in [3.63, 3.8) is 0 Å². The first-order chi connectivity index (χ1) is 10.3. The lowest BCUT2D eigenvalue weighted by atomic mass is 10.1. The topological polar surface area (TPSA) is 39.9 Å². The summed E-state index contributed by atoms with van der Waals surface area (Å²) in [6.07, 6.45) is 5.84. The molecular weight excluding hydrogens is 282 g/mol. The molecule has 0 aliphatic rings. The van der Waals surface area contributed by atoms with Crippen LogP contribution in [0.2, 0.25) is 5.02 Å². The SMILES string of the molecule is N#CN(Cc1cncc2ccccc12)c1cccc(Cl)c1. The summed E-state index contributed by atoms with van der Waals surface area (Å²) in [6.45, 7) is 0.463. The Hall–Kier alpha value is -2.57. The summed E-state index contributed by atoms with van der Waals surface area (Å²) in [5.41, 5.74) is 1.78. The number of pyridine rings is 1. The van der Waals surface area contributed by atoms with E-state index in [1.165, 1.54) is 0 Å². The third-order valence-electron chi connectivity index (χ3n) is 3.32. The molecule has 3 rings (SSSR count). The number of fused-ring (bicyclic) bond motifs is 1. The highest BCUT2D eigenvalue weighted by Gasteiger charge is 2.09. The van der Waals surface area contributed by atoms with Gasteiger partial charge in [0.2, 0.25) is 0 Å². The van der Waals surface area contributed by atoms with Gasteiger partial charge in [0, 0.05) is 22.8 Å². The van der Waals surface area contributed by atoms with Gasteiger partial charge in [-0.15, -0.1) is 0 Å². The zero-order chi connectivity index (χ0) is 14.7. The number of anilines is 1. The van der Waals surface area contributed by atoms with Crippen LogP contribution in [0.3, 0.4) is 0 Å². The van der Waals surface area contributed by atoms with Crippen LogP contribution >= 0.6 is 11.6 Å². The Bertz CT molecular complexity index is 818. The molecule has 2 aromatic carbocycles. The number of halogens is 1. The summed E-state index contributed by atoms with van der Waals surface area (Å²) >= 11 is 6.00. The predicted molar refractivity (Wildman–Crippen MR) is 85.0 cm³/mol. The average Bonchev–Trinajstić information content (AvgIpc) is 2.52. The molecule has 0 amide bonds. The Labute approximate surface area is 128 Å². The van der Waals surface area contributed by atoms with Crippen molar-refractivity contribution in [1.29, 1.82) is 5.26 Å². The monoisotopic (exact) mass is 293 g/mol. The summed E-state index contributed by atoms with van der Waals surface area (Å²) in [5.74, 6) is 0. The maximum Gasteiger partial charge on any atom is 0.184 e. The molecule has 0 bridgehead atoms. The minimum atomic E-state index is 0.463. The van der Waals surface area contributed by atoms with Crippen LogP contribution in [-0.4, -0.2) is 4.98 Å². The molecule has 0 aliphatic carbocycles. The van der Waals surface area contributed by atoms with Crippen LogP contribution in [0.4, 0.5) is 5.69 Å².